The topological polar surface area (TPSA) is 59.9 Å². The van der Waals surface area contributed by atoms with Gasteiger partial charge in [0.15, 0.2) is 0 Å². The minimum Gasteiger partial charge on any atom is -0.467 e. The molecule has 0 bridgehead atoms. The van der Waals surface area contributed by atoms with E-state index >= 15 is 0 Å². The van der Waals surface area contributed by atoms with Crippen LogP contribution in [-0.2, 0) is 0 Å². The Morgan fingerprint density at radius 3 is 2.50 bits per heavy atom. The Balaban J connectivity index is 2.25. The van der Waals surface area contributed by atoms with E-state index in [-0.39, 0.29) is 6.01 Å². The summed E-state index contributed by atoms with van der Waals surface area (Å²) >= 11 is 7.24. The van der Waals surface area contributed by atoms with Crippen molar-refractivity contribution in [1.29, 1.82) is 0 Å². The van der Waals surface area contributed by atoms with E-state index in [1.54, 1.807) is 7.05 Å². The second kappa shape index (κ2) is 5.88. The average Bonchev–Trinajstić information content (AvgIpc) is 2.41. The number of benzene rings is 1. The van der Waals surface area contributed by atoms with Crippen LogP contribution in [0.4, 0.5) is 5.95 Å². The van der Waals surface area contributed by atoms with Gasteiger partial charge in [-0.2, -0.15) is 15.0 Å². The highest BCUT2D eigenvalue weighted by atomic mass is 35.5. The number of anilines is 1. The highest BCUT2D eigenvalue weighted by molar-refractivity contribution is 7.99. The van der Waals surface area contributed by atoms with Crippen LogP contribution in [0.5, 0.6) is 6.01 Å². The number of aromatic nitrogens is 3. The van der Waals surface area contributed by atoms with E-state index in [0.717, 1.165) is 4.90 Å². The SMILES string of the molecule is CNc1nc(OC)nc(Sc2ccc(Cl)cc2)n1. The molecule has 0 aliphatic heterocycles. The fraction of sp³-hybridized carbons (Fsp3) is 0.182. The maximum atomic E-state index is 5.83. The number of hydrogen-bond donors (Lipinski definition) is 1. The largest absolute Gasteiger partial charge is 0.467 e. The predicted molar refractivity (Wildman–Crippen MR) is 71.5 cm³/mol. The Hall–Kier alpha value is -1.53. The van der Waals surface area contributed by atoms with Gasteiger partial charge in [0, 0.05) is 17.0 Å². The lowest BCUT2D eigenvalue weighted by Crippen LogP contribution is -2.02. The normalized spacial score (nSPS) is 10.2. The van der Waals surface area contributed by atoms with E-state index in [1.165, 1.54) is 18.9 Å². The van der Waals surface area contributed by atoms with Crippen LogP contribution in [-0.4, -0.2) is 29.1 Å². The van der Waals surface area contributed by atoms with Crippen molar-refractivity contribution in [3.05, 3.63) is 29.3 Å². The molecule has 1 aromatic carbocycles. The van der Waals surface area contributed by atoms with Crippen molar-refractivity contribution >= 4 is 29.3 Å². The van der Waals surface area contributed by atoms with E-state index in [2.05, 4.69) is 20.3 Å². The molecule has 2 rings (SSSR count). The van der Waals surface area contributed by atoms with Crippen LogP contribution in [0.2, 0.25) is 5.02 Å². The summed E-state index contributed by atoms with van der Waals surface area (Å²) in [5.41, 5.74) is 0. The molecular formula is C11H11ClN4OS. The van der Waals surface area contributed by atoms with Crippen LogP contribution in [0, 0.1) is 0 Å². The summed E-state index contributed by atoms with van der Waals surface area (Å²) in [6.07, 6.45) is 0. The number of nitrogens with zero attached hydrogens (tertiary/aromatic N) is 3. The van der Waals surface area contributed by atoms with E-state index in [9.17, 15) is 0 Å². The molecule has 1 aromatic heterocycles. The third-order valence-corrected chi connectivity index (χ3v) is 3.15. The van der Waals surface area contributed by atoms with Gasteiger partial charge in [0.05, 0.1) is 7.11 Å². The summed E-state index contributed by atoms with van der Waals surface area (Å²) in [4.78, 5) is 13.4. The second-order valence-electron chi connectivity index (χ2n) is 3.23. The summed E-state index contributed by atoms with van der Waals surface area (Å²) in [5.74, 6) is 0.471. The molecule has 2 aromatic rings. The summed E-state index contributed by atoms with van der Waals surface area (Å²) in [6, 6.07) is 7.73. The molecule has 94 valence electrons. The van der Waals surface area contributed by atoms with Crippen molar-refractivity contribution < 1.29 is 4.74 Å². The fourth-order valence-corrected chi connectivity index (χ4v) is 2.06. The smallest absolute Gasteiger partial charge is 0.321 e. The standard InChI is InChI=1S/C11H11ClN4OS/c1-13-9-14-10(17-2)16-11(15-9)18-8-5-3-7(12)4-6-8/h3-6H,1-2H3,(H,13,14,15,16). The van der Waals surface area contributed by atoms with Crippen LogP contribution in [0.1, 0.15) is 0 Å². The monoisotopic (exact) mass is 282 g/mol. The van der Waals surface area contributed by atoms with Gasteiger partial charge in [0.2, 0.25) is 11.1 Å². The average molecular weight is 283 g/mol. The number of rotatable bonds is 4. The van der Waals surface area contributed by atoms with Crippen molar-refractivity contribution in [2.75, 3.05) is 19.5 Å². The lowest BCUT2D eigenvalue weighted by Gasteiger charge is -2.05. The lowest BCUT2D eigenvalue weighted by atomic mass is 10.4. The Morgan fingerprint density at radius 1 is 1.17 bits per heavy atom. The Morgan fingerprint density at radius 2 is 1.89 bits per heavy atom. The molecule has 0 atom stereocenters. The van der Waals surface area contributed by atoms with Gasteiger partial charge in [-0.15, -0.1) is 0 Å². The molecule has 5 nitrogen and oxygen atoms in total. The van der Waals surface area contributed by atoms with Gasteiger partial charge >= 0.3 is 6.01 Å². The van der Waals surface area contributed by atoms with Crippen molar-refractivity contribution in [3.63, 3.8) is 0 Å². The van der Waals surface area contributed by atoms with E-state index in [4.69, 9.17) is 16.3 Å². The minimum atomic E-state index is 0.283. The van der Waals surface area contributed by atoms with Crippen LogP contribution in [0.3, 0.4) is 0 Å². The molecule has 0 aliphatic rings. The third kappa shape index (κ3) is 3.24. The molecule has 0 spiro atoms. The molecule has 0 aliphatic carbocycles. The Bertz CT molecular complexity index is 513. The summed E-state index contributed by atoms with van der Waals surface area (Å²) in [5, 5.41) is 4.12. The van der Waals surface area contributed by atoms with Crippen molar-refractivity contribution in [2.45, 2.75) is 10.1 Å². The van der Waals surface area contributed by atoms with Gasteiger partial charge in [0.1, 0.15) is 0 Å². The van der Waals surface area contributed by atoms with Gasteiger partial charge in [-0.25, -0.2) is 0 Å². The zero-order chi connectivity index (χ0) is 13.0. The highest BCUT2D eigenvalue weighted by Crippen LogP contribution is 2.27. The zero-order valence-electron chi connectivity index (χ0n) is 9.85. The van der Waals surface area contributed by atoms with Gasteiger partial charge in [-0.3, -0.25) is 0 Å². The molecule has 0 fully saturated rings. The summed E-state index contributed by atoms with van der Waals surface area (Å²) in [6.45, 7) is 0. The van der Waals surface area contributed by atoms with Gasteiger partial charge in [-0.1, -0.05) is 11.6 Å². The minimum absolute atomic E-state index is 0.283. The Kier molecular flexibility index (Phi) is 4.22. The number of ether oxygens (including phenoxy) is 1. The molecule has 0 saturated carbocycles. The van der Waals surface area contributed by atoms with E-state index in [1.807, 2.05) is 24.3 Å². The molecule has 0 unspecified atom stereocenters. The fourth-order valence-electron chi connectivity index (χ4n) is 1.19. The molecule has 1 heterocycles. The Labute approximate surface area is 114 Å². The summed E-state index contributed by atoms with van der Waals surface area (Å²) in [7, 11) is 3.26. The molecule has 0 amide bonds. The lowest BCUT2D eigenvalue weighted by molar-refractivity contribution is 0.374. The maximum Gasteiger partial charge on any atom is 0.321 e. The van der Waals surface area contributed by atoms with Crippen LogP contribution < -0.4 is 10.1 Å². The molecule has 7 heteroatoms. The van der Waals surface area contributed by atoms with E-state index < -0.39 is 0 Å². The van der Waals surface area contributed by atoms with Gasteiger partial charge in [-0.05, 0) is 36.0 Å². The second-order valence-corrected chi connectivity index (χ2v) is 4.71. The molecule has 1 N–H and O–H groups in total. The quantitative estimate of drug-likeness (QED) is 0.930. The van der Waals surface area contributed by atoms with Crippen LogP contribution >= 0.6 is 23.4 Å². The van der Waals surface area contributed by atoms with Crippen molar-refractivity contribution in [3.8, 4) is 6.01 Å². The summed E-state index contributed by atoms with van der Waals surface area (Å²) < 4.78 is 5.02. The molecular weight excluding hydrogens is 272 g/mol. The third-order valence-electron chi connectivity index (χ3n) is 2.02. The van der Waals surface area contributed by atoms with E-state index in [0.29, 0.717) is 16.1 Å². The van der Waals surface area contributed by atoms with Gasteiger partial charge < -0.3 is 10.1 Å². The van der Waals surface area contributed by atoms with Crippen molar-refractivity contribution in [2.24, 2.45) is 0 Å². The first-order valence-corrected chi connectivity index (χ1v) is 6.32. The number of methoxy groups -OCH3 is 1. The number of halogens is 1. The molecule has 18 heavy (non-hydrogen) atoms. The first-order valence-electron chi connectivity index (χ1n) is 5.12. The highest BCUT2D eigenvalue weighted by Gasteiger charge is 2.07. The number of hydrogen-bond acceptors (Lipinski definition) is 6. The van der Waals surface area contributed by atoms with Gasteiger partial charge in [0.25, 0.3) is 0 Å². The zero-order valence-corrected chi connectivity index (χ0v) is 11.4. The maximum absolute atomic E-state index is 5.83. The predicted octanol–water partition coefficient (Wildman–Crippen LogP) is 2.73. The van der Waals surface area contributed by atoms with Crippen LogP contribution in [0.25, 0.3) is 0 Å². The van der Waals surface area contributed by atoms with Crippen molar-refractivity contribution in [1.82, 2.24) is 15.0 Å². The van der Waals surface area contributed by atoms with Crippen LogP contribution in [0.15, 0.2) is 34.3 Å². The molecule has 0 radical (unpaired) electrons. The molecule has 0 saturated heterocycles. The first kappa shape index (κ1) is 12.9. The number of nitrogens with one attached hydrogen (secondary N) is 1. The first-order chi connectivity index (χ1) is 8.71.